The van der Waals surface area contributed by atoms with Crippen LogP contribution in [0.4, 0.5) is 0 Å². The minimum absolute atomic E-state index is 0.401. The number of hydrogen-bond donors (Lipinski definition) is 1. The van der Waals surface area contributed by atoms with Gasteiger partial charge in [0.2, 0.25) is 0 Å². The van der Waals surface area contributed by atoms with E-state index in [2.05, 4.69) is 10.2 Å². The normalized spacial score (nSPS) is 34.9. The molecule has 2 rings (SSSR count). The Morgan fingerprint density at radius 2 is 2.14 bits per heavy atom. The number of methoxy groups -OCH3 is 1. The molecule has 2 saturated heterocycles. The fourth-order valence-corrected chi connectivity index (χ4v) is 2.28. The maximum absolute atomic E-state index is 5.44. The van der Waals surface area contributed by atoms with Gasteiger partial charge in [-0.1, -0.05) is 0 Å². The number of rotatable bonds is 3. The fraction of sp³-hybridized carbons (Fsp3) is 1.00. The van der Waals surface area contributed by atoms with Gasteiger partial charge in [0.15, 0.2) is 0 Å². The average Bonchev–Trinajstić information content (AvgIpc) is 2.67. The van der Waals surface area contributed by atoms with Crippen LogP contribution in [0.2, 0.25) is 0 Å². The van der Waals surface area contributed by atoms with Crippen LogP contribution in [0.5, 0.6) is 0 Å². The van der Waals surface area contributed by atoms with Gasteiger partial charge in [-0.25, -0.2) is 0 Å². The highest BCUT2D eigenvalue weighted by Gasteiger charge is 2.28. The van der Waals surface area contributed by atoms with E-state index in [1.54, 1.807) is 0 Å². The van der Waals surface area contributed by atoms with E-state index in [1.165, 1.54) is 0 Å². The number of ether oxygens (including phenoxy) is 2. The summed E-state index contributed by atoms with van der Waals surface area (Å²) in [5.41, 5.74) is 0. The summed E-state index contributed by atoms with van der Waals surface area (Å²) in [6.07, 6.45) is 0.401. The van der Waals surface area contributed by atoms with E-state index in [1.807, 2.05) is 7.11 Å². The second kappa shape index (κ2) is 5.07. The molecule has 0 radical (unpaired) electrons. The Bertz CT molecular complexity index is 172. The Morgan fingerprint density at radius 1 is 1.36 bits per heavy atom. The smallest absolute Gasteiger partial charge is 0.0748 e. The van der Waals surface area contributed by atoms with Crippen molar-refractivity contribution < 1.29 is 9.47 Å². The first-order valence-corrected chi connectivity index (χ1v) is 5.44. The molecule has 0 aliphatic carbocycles. The van der Waals surface area contributed by atoms with Crippen molar-refractivity contribution in [3.8, 4) is 0 Å². The highest BCUT2D eigenvalue weighted by molar-refractivity contribution is 4.84. The third kappa shape index (κ3) is 2.45. The lowest BCUT2D eigenvalue weighted by atomic mass is 10.1. The third-order valence-electron chi connectivity index (χ3n) is 3.18. The van der Waals surface area contributed by atoms with E-state index in [-0.39, 0.29) is 0 Å². The molecule has 14 heavy (non-hydrogen) atoms. The molecule has 4 nitrogen and oxygen atoms in total. The first kappa shape index (κ1) is 10.4. The Balaban J connectivity index is 1.77. The van der Waals surface area contributed by atoms with Crippen molar-refractivity contribution in [2.24, 2.45) is 5.92 Å². The monoisotopic (exact) mass is 200 g/mol. The summed E-state index contributed by atoms with van der Waals surface area (Å²) in [7, 11) is 1.81. The van der Waals surface area contributed by atoms with Crippen LogP contribution < -0.4 is 5.32 Å². The lowest BCUT2D eigenvalue weighted by molar-refractivity contribution is 0.0132. The Hall–Kier alpha value is -0.160. The third-order valence-corrected chi connectivity index (χ3v) is 3.18. The molecule has 0 saturated carbocycles. The predicted molar refractivity (Wildman–Crippen MR) is 54.4 cm³/mol. The molecule has 0 aromatic carbocycles. The van der Waals surface area contributed by atoms with Gasteiger partial charge in [0, 0.05) is 45.8 Å². The molecule has 82 valence electrons. The van der Waals surface area contributed by atoms with Gasteiger partial charge in [-0.2, -0.15) is 0 Å². The van der Waals surface area contributed by atoms with Crippen LogP contribution in [0.15, 0.2) is 0 Å². The Morgan fingerprint density at radius 3 is 2.86 bits per heavy atom. The highest BCUT2D eigenvalue weighted by atomic mass is 16.5. The predicted octanol–water partition coefficient (Wildman–Crippen LogP) is -0.447. The molecule has 2 aliphatic heterocycles. The highest BCUT2D eigenvalue weighted by Crippen LogP contribution is 2.14. The molecule has 2 unspecified atom stereocenters. The van der Waals surface area contributed by atoms with E-state index in [0.29, 0.717) is 12.0 Å². The largest absolute Gasteiger partial charge is 0.380 e. The lowest BCUT2D eigenvalue weighted by Gasteiger charge is -2.30. The van der Waals surface area contributed by atoms with Gasteiger partial charge in [0.25, 0.3) is 0 Å². The number of morpholine rings is 1. The molecule has 2 fully saturated rings. The summed E-state index contributed by atoms with van der Waals surface area (Å²) in [5.74, 6) is 0.651. The average molecular weight is 200 g/mol. The molecule has 0 amide bonds. The maximum atomic E-state index is 5.44. The first-order chi connectivity index (χ1) is 6.90. The van der Waals surface area contributed by atoms with Crippen LogP contribution in [0.3, 0.4) is 0 Å². The van der Waals surface area contributed by atoms with Gasteiger partial charge >= 0.3 is 0 Å². The minimum Gasteiger partial charge on any atom is -0.380 e. The van der Waals surface area contributed by atoms with Crippen molar-refractivity contribution in [2.45, 2.75) is 6.10 Å². The molecular formula is C10H20N2O2. The van der Waals surface area contributed by atoms with E-state index in [0.717, 1.165) is 45.9 Å². The molecule has 2 heterocycles. The molecule has 0 spiro atoms. The second-order valence-corrected chi connectivity index (χ2v) is 4.11. The molecule has 2 aliphatic rings. The summed E-state index contributed by atoms with van der Waals surface area (Å²) in [5, 5.41) is 3.38. The summed E-state index contributed by atoms with van der Waals surface area (Å²) in [6, 6.07) is 0. The van der Waals surface area contributed by atoms with Gasteiger partial charge in [-0.05, 0) is 0 Å². The van der Waals surface area contributed by atoms with Crippen molar-refractivity contribution in [2.75, 3.05) is 53.0 Å². The molecule has 0 aromatic heterocycles. The van der Waals surface area contributed by atoms with Crippen molar-refractivity contribution >= 4 is 0 Å². The Labute approximate surface area is 85.5 Å². The van der Waals surface area contributed by atoms with Crippen molar-refractivity contribution in [3.05, 3.63) is 0 Å². The summed E-state index contributed by atoms with van der Waals surface area (Å²) >= 11 is 0. The summed E-state index contributed by atoms with van der Waals surface area (Å²) < 4.78 is 10.8. The molecule has 0 aromatic rings. The van der Waals surface area contributed by atoms with Gasteiger partial charge in [0.05, 0.1) is 19.3 Å². The van der Waals surface area contributed by atoms with Crippen LogP contribution in [-0.4, -0.2) is 64.1 Å². The molecule has 0 bridgehead atoms. The second-order valence-electron chi connectivity index (χ2n) is 4.11. The van der Waals surface area contributed by atoms with Gasteiger partial charge < -0.3 is 14.8 Å². The van der Waals surface area contributed by atoms with Crippen LogP contribution >= 0.6 is 0 Å². The van der Waals surface area contributed by atoms with Gasteiger partial charge in [0.1, 0.15) is 0 Å². The number of nitrogens with zero attached hydrogens (tertiary/aromatic N) is 1. The van der Waals surface area contributed by atoms with E-state index >= 15 is 0 Å². The standard InChI is InChI=1S/C10H20N2O2/c1-13-10-7-11-6-9(10)8-12-2-4-14-5-3-12/h9-11H,2-8H2,1H3. The zero-order valence-electron chi connectivity index (χ0n) is 8.87. The zero-order valence-corrected chi connectivity index (χ0v) is 8.87. The van der Waals surface area contributed by atoms with Crippen molar-refractivity contribution in [1.82, 2.24) is 10.2 Å². The summed E-state index contributed by atoms with van der Waals surface area (Å²) in [6.45, 7) is 7.17. The van der Waals surface area contributed by atoms with Crippen molar-refractivity contribution in [3.63, 3.8) is 0 Å². The molecule has 1 N–H and O–H groups in total. The van der Waals surface area contributed by atoms with Crippen molar-refractivity contribution in [1.29, 1.82) is 0 Å². The van der Waals surface area contributed by atoms with Crippen LogP contribution in [0, 0.1) is 5.92 Å². The SMILES string of the molecule is COC1CNCC1CN1CCOCC1. The van der Waals surface area contributed by atoms with E-state index in [4.69, 9.17) is 9.47 Å². The van der Waals surface area contributed by atoms with E-state index < -0.39 is 0 Å². The van der Waals surface area contributed by atoms with E-state index in [9.17, 15) is 0 Å². The lowest BCUT2D eigenvalue weighted by Crippen LogP contribution is -2.42. The molecule has 4 heteroatoms. The topological polar surface area (TPSA) is 33.7 Å². The van der Waals surface area contributed by atoms with Crippen LogP contribution in [0.25, 0.3) is 0 Å². The van der Waals surface area contributed by atoms with Crippen LogP contribution in [0.1, 0.15) is 0 Å². The molecule has 2 atom stereocenters. The zero-order chi connectivity index (χ0) is 9.80. The number of hydrogen-bond acceptors (Lipinski definition) is 4. The fourth-order valence-electron chi connectivity index (χ4n) is 2.28. The van der Waals surface area contributed by atoms with Crippen LogP contribution in [-0.2, 0) is 9.47 Å². The molecular weight excluding hydrogens is 180 g/mol. The first-order valence-electron chi connectivity index (χ1n) is 5.44. The maximum Gasteiger partial charge on any atom is 0.0748 e. The number of nitrogens with one attached hydrogen (secondary N) is 1. The minimum atomic E-state index is 0.401. The quantitative estimate of drug-likeness (QED) is 0.669. The van der Waals surface area contributed by atoms with Gasteiger partial charge in [-0.3, -0.25) is 4.90 Å². The summed E-state index contributed by atoms with van der Waals surface area (Å²) in [4.78, 5) is 2.48. The Kier molecular flexibility index (Phi) is 3.75. The van der Waals surface area contributed by atoms with Gasteiger partial charge in [-0.15, -0.1) is 0 Å².